The molecule has 3 heteroatoms. The van der Waals surface area contributed by atoms with Gasteiger partial charge < -0.3 is 10.7 Å². The van der Waals surface area contributed by atoms with Gasteiger partial charge in [0.25, 0.3) is 0 Å². The van der Waals surface area contributed by atoms with E-state index >= 15 is 0 Å². The van der Waals surface area contributed by atoms with Crippen LogP contribution in [0.3, 0.4) is 0 Å². The summed E-state index contributed by atoms with van der Waals surface area (Å²) < 4.78 is 0. The van der Waals surface area contributed by atoms with Crippen molar-refractivity contribution in [3.8, 4) is 0 Å². The van der Waals surface area contributed by atoms with Crippen molar-refractivity contribution in [1.82, 2.24) is 9.97 Å². The van der Waals surface area contributed by atoms with Crippen molar-refractivity contribution in [2.45, 2.75) is 19.4 Å². The molecule has 3 N–H and O–H groups in total. The Morgan fingerprint density at radius 3 is 3.23 bits per heavy atom. The number of nitrogens with zero attached hydrogens (tertiary/aromatic N) is 1. The molecule has 2 rings (SSSR count). The van der Waals surface area contributed by atoms with Crippen molar-refractivity contribution >= 4 is 10.9 Å². The predicted octanol–water partition coefficient (Wildman–Crippen LogP) is 1.45. The van der Waals surface area contributed by atoms with Crippen LogP contribution in [-0.2, 0) is 6.42 Å². The molecule has 0 aromatic carbocycles. The highest BCUT2D eigenvalue weighted by molar-refractivity contribution is 5.82. The maximum absolute atomic E-state index is 5.75. The molecule has 0 radical (unpaired) electrons. The molecule has 0 aliphatic rings. The molecule has 0 aliphatic carbocycles. The molecule has 0 amide bonds. The molecule has 2 aromatic heterocycles. The van der Waals surface area contributed by atoms with E-state index in [9.17, 15) is 0 Å². The molecule has 0 bridgehead atoms. The SMILES string of the molecule is CC(N)Cc1c[nH]c2cnccc12. The molecule has 0 saturated carbocycles. The molecule has 13 heavy (non-hydrogen) atoms. The number of nitrogens with two attached hydrogens (primary N) is 1. The number of rotatable bonds is 2. The number of hydrogen-bond acceptors (Lipinski definition) is 2. The zero-order chi connectivity index (χ0) is 9.26. The van der Waals surface area contributed by atoms with Gasteiger partial charge in [-0.15, -0.1) is 0 Å². The van der Waals surface area contributed by atoms with Crippen molar-refractivity contribution in [1.29, 1.82) is 0 Å². The number of hydrogen-bond donors (Lipinski definition) is 2. The first-order chi connectivity index (χ1) is 6.27. The molecule has 1 unspecified atom stereocenters. The highest BCUT2D eigenvalue weighted by Crippen LogP contribution is 2.17. The van der Waals surface area contributed by atoms with E-state index in [0.717, 1.165) is 11.9 Å². The van der Waals surface area contributed by atoms with Gasteiger partial charge in [-0.3, -0.25) is 4.98 Å². The Balaban J connectivity index is 2.46. The van der Waals surface area contributed by atoms with Crippen LogP contribution in [0.5, 0.6) is 0 Å². The van der Waals surface area contributed by atoms with Crippen molar-refractivity contribution in [3.63, 3.8) is 0 Å². The normalized spacial score (nSPS) is 13.4. The zero-order valence-electron chi connectivity index (χ0n) is 7.62. The van der Waals surface area contributed by atoms with E-state index in [4.69, 9.17) is 5.73 Å². The molecule has 0 fully saturated rings. The van der Waals surface area contributed by atoms with Gasteiger partial charge in [0.1, 0.15) is 0 Å². The molecule has 2 heterocycles. The summed E-state index contributed by atoms with van der Waals surface area (Å²) in [7, 11) is 0. The lowest BCUT2D eigenvalue weighted by molar-refractivity contribution is 0.741. The fraction of sp³-hybridized carbons (Fsp3) is 0.300. The van der Waals surface area contributed by atoms with Crippen LogP contribution < -0.4 is 5.73 Å². The Bertz CT molecular complexity index is 403. The number of aromatic nitrogens is 2. The Kier molecular flexibility index (Phi) is 2.02. The Hall–Kier alpha value is -1.35. The standard InChI is InChI=1S/C10H13N3/c1-7(11)4-8-5-13-10-6-12-3-2-9(8)10/h2-3,5-7,13H,4,11H2,1H3. The summed E-state index contributed by atoms with van der Waals surface area (Å²) in [6.07, 6.45) is 6.56. The first-order valence-corrected chi connectivity index (χ1v) is 4.43. The van der Waals surface area contributed by atoms with Crippen molar-refractivity contribution in [2.75, 3.05) is 0 Å². The van der Waals surface area contributed by atoms with Gasteiger partial charge in [-0.25, -0.2) is 0 Å². The molecule has 0 aliphatic heterocycles. The lowest BCUT2D eigenvalue weighted by atomic mass is 10.1. The largest absolute Gasteiger partial charge is 0.360 e. The highest BCUT2D eigenvalue weighted by Gasteiger charge is 2.04. The number of pyridine rings is 1. The van der Waals surface area contributed by atoms with E-state index in [0.29, 0.717) is 0 Å². The van der Waals surface area contributed by atoms with Gasteiger partial charge in [0.15, 0.2) is 0 Å². The van der Waals surface area contributed by atoms with Gasteiger partial charge in [0, 0.05) is 23.8 Å². The van der Waals surface area contributed by atoms with Crippen LogP contribution in [0.1, 0.15) is 12.5 Å². The average molecular weight is 175 g/mol. The Morgan fingerprint density at radius 2 is 2.46 bits per heavy atom. The Labute approximate surface area is 77.0 Å². The molecule has 2 aromatic rings. The van der Waals surface area contributed by atoms with Crippen LogP contribution in [0.2, 0.25) is 0 Å². The smallest absolute Gasteiger partial charge is 0.0643 e. The molecular weight excluding hydrogens is 162 g/mol. The van der Waals surface area contributed by atoms with Crippen LogP contribution in [-0.4, -0.2) is 16.0 Å². The second kappa shape index (κ2) is 3.18. The summed E-state index contributed by atoms with van der Waals surface area (Å²) in [5, 5.41) is 1.23. The lowest BCUT2D eigenvalue weighted by Crippen LogP contribution is -2.17. The van der Waals surface area contributed by atoms with Gasteiger partial charge in [-0.05, 0) is 25.0 Å². The van der Waals surface area contributed by atoms with E-state index < -0.39 is 0 Å². The molecular formula is C10H13N3. The second-order valence-corrected chi connectivity index (χ2v) is 3.42. The number of aromatic amines is 1. The maximum atomic E-state index is 5.75. The molecule has 0 saturated heterocycles. The third kappa shape index (κ3) is 1.55. The second-order valence-electron chi connectivity index (χ2n) is 3.42. The fourth-order valence-corrected chi connectivity index (χ4v) is 1.55. The van der Waals surface area contributed by atoms with E-state index in [2.05, 4.69) is 9.97 Å². The Morgan fingerprint density at radius 1 is 1.62 bits per heavy atom. The fourth-order valence-electron chi connectivity index (χ4n) is 1.55. The van der Waals surface area contributed by atoms with E-state index in [-0.39, 0.29) is 6.04 Å². The van der Waals surface area contributed by atoms with Gasteiger partial charge in [-0.1, -0.05) is 0 Å². The van der Waals surface area contributed by atoms with E-state index in [1.165, 1.54) is 10.9 Å². The van der Waals surface area contributed by atoms with E-state index in [1.807, 2.05) is 25.4 Å². The molecule has 0 spiro atoms. The van der Waals surface area contributed by atoms with Gasteiger partial charge in [-0.2, -0.15) is 0 Å². The molecule has 1 atom stereocenters. The zero-order valence-corrected chi connectivity index (χ0v) is 7.62. The minimum atomic E-state index is 0.201. The average Bonchev–Trinajstić information content (AvgIpc) is 2.48. The molecule has 3 nitrogen and oxygen atoms in total. The highest BCUT2D eigenvalue weighted by atomic mass is 14.7. The van der Waals surface area contributed by atoms with Crippen LogP contribution in [0, 0.1) is 0 Å². The predicted molar refractivity (Wildman–Crippen MR) is 53.4 cm³/mol. The number of fused-ring (bicyclic) bond motifs is 1. The summed E-state index contributed by atoms with van der Waals surface area (Å²) in [4.78, 5) is 7.22. The van der Waals surface area contributed by atoms with Crippen molar-refractivity contribution < 1.29 is 0 Å². The summed E-state index contributed by atoms with van der Waals surface area (Å²) in [6.45, 7) is 2.01. The maximum Gasteiger partial charge on any atom is 0.0643 e. The monoisotopic (exact) mass is 175 g/mol. The summed E-state index contributed by atoms with van der Waals surface area (Å²) in [5.41, 5.74) is 8.10. The van der Waals surface area contributed by atoms with Crippen molar-refractivity contribution in [2.24, 2.45) is 5.73 Å². The van der Waals surface area contributed by atoms with Crippen LogP contribution in [0.25, 0.3) is 10.9 Å². The summed E-state index contributed by atoms with van der Waals surface area (Å²) in [5.74, 6) is 0. The van der Waals surface area contributed by atoms with Gasteiger partial charge in [0.2, 0.25) is 0 Å². The number of H-pyrrole nitrogens is 1. The minimum absolute atomic E-state index is 0.201. The topological polar surface area (TPSA) is 54.7 Å². The van der Waals surface area contributed by atoms with Crippen LogP contribution in [0.15, 0.2) is 24.7 Å². The van der Waals surface area contributed by atoms with Crippen LogP contribution >= 0.6 is 0 Å². The van der Waals surface area contributed by atoms with Gasteiger partial charge >= 0.3 is 0 Å². The third-order valence-corrected chi connectivity index (χ3v) is 2.11. The lowest BCUT2D eigenvalue weighted by Gasteiger charge is -2.02. The van der Waals surface area contributed by atoms with E-state index in [1.54, 1.807) is 6.20 Å². The number of nitrogens with one attached hydrogen (secondary N) is 1. The summed E-state index contributed by atoms with van der Waals surface area (Å²) in [6, 6.07) is 2.22. The minimum Gasteiger partial charge on any atom is -0.360 e. The van der Waals surface area contributed by atoms with Gasteiger partial charge in [0.05, 0.1) is 11.7 Å². The van der Waals surface area contributed by atoms with Crippen molar-refractivity contribution in [3.05, 3.63) is 30.2 Å². The molecule has 68 valence electrons. The first-order valence-electron chi connectivity index (χ1n) is 4.43. The third-order valence-electron chi connectivity index (χ3n) is 2.11. The van der Waals surface area contributed by atoms with Crippen LogP contribution in [0.4, 0.5) is 0 Å². The first kappa shape index (κ1) is 8.26. The quantitative estimate of drug-likeness (QED) is 0.725. The summed E-state index contributed by atoms with van der Waals surface area (Å²) >= 11 is 0.